The van der Waals surface area contributed by atoms with E-state index in [-0.39, 0.29) is 0 Å². The zero-order valence-electron chi connectivity index (χ0n) is 7.20. The summed E-state index contributed by atoms with van der Waals surface area (Å²) in [7, 11) is 0. The topological polar surface area (TPSA) is 51.8 Å². The van der Waals surface area contributed by atoms with Gasteiger partial charge in [0.25, 0.3) is 0 Å². The number of hydrogen-bond acceptors (Lipinski definition) is 3. The summed E-state index contributed by atoms with van der Waals surface area (Å²) in [4.78, 5) is 8.60. The summed E-state index contributed by atoms with van der Waals surface area (Å²) in [5, 5.41) is 0. The first-order valence-corrected chi connectivity index (χ1v) is 4.33. The van der Waals surface area contributed by atoms with Crippen LogP contribution in [0.5, 0.6) is 0 Å². The van der Waals surface area contributed by atoms with Crippen LogP contribution in [0, 0.1) is 5.92 Å². The minimum atomic E-state index is 0.511. The van der Waals surface area contributed by atoms with Crippen LogP contribution >= 0.6 is 0 Å². The number of nitrogens with two attached hydrogens (primary N) is 1. The van der Waals surface area contributed by atoms with Crippen molar-refractivity contribution >= 4 is 0 Å². The molecular weight excluding hydrogens is 150 g/mol. The molecule has 64 valence electrons. The Labute approximate surface area is 72.0 Å². The maximum Gasteiger partial charge on any atom is 0.131 e. The number of aromatic nitrogens is 2. The molecular formula is C9H13N3. The Morgan fingerprint density at radius 3 is 3.00 bits per heavy atom. The Kier molecular flexibility index (Phi) is 1.81. The van der Waals surface area contributed by atoms with Crippen molar-refractivity contribution in [1.29, 1.82) is 0 Å². The van der Waals surface area contributed by atoms with Gasteiger partial charge in [0.1, 0.15) is 5.82 Å². The van der Waals surface area contributed by atoms with Crippen LogP contribution < -0.4 is 5.73 Å². The largest absolute Gasteiger partial charge is 0.325 e. The van der Waals surface area contributed by atoms with E-state index in [9.17, 15) is 0 Å². The van der Waals surface area contributed by atoms with Crippen molar-refractivity contribution in [1.82, 2.24) is 9.97 Å². The lowest BCUT2D eigenvalue weighted by Gasteiger charge is -1.99. The van der Waals surface area contributed by atoms with Gasteiger partial charge >= 0.3 is 0 Å². The van der Waals surface area contributed by atoms with Gasteiger partial charge in [-0.1, -0.05) is 6.92 Å². The van der Waals surface area contributed by atoms with Crippen LogP contribution in [-0.4, -0.2) is 9.97 Å². The monoisotopic (exact) mass is 163 g/mol. The fraction of sp³-hybridized carbons (Fsp3) is 0.556. The van der Waals surface area contributed by atoms with Crippen LogP contribution in [0.4, 0.5) is 0 Å². The lowest BCUT2D eigenvalue weighted by atomic mass is 10.3. The lowest BCUT2D eigenvalue weighted by Crippen LogP contribution is -2.03. The fourth-order valence-corrected chi connectivity index (χ4v) is 1.39. The molecule has 1 saturated carbocycles. The molecule has 0 bridgehead atoms. The van der Waals surface area contributed by atoms with Crippen molar-refractivity contribution < 1.29 is 0 Å². The molecule has 1 aromatic rings. The third-order valence-electron chi connectivity index (χ3n) is 2.38. The number of nitrogens with zero attached hydrogens (tertiary/aromatic N) is 2. The summed E-state index contributed by atoms with van der Waals surface area (Å²) < 4.78 is 0. The summed E-state index contributed by atoms with van der Waals surface area (Å²) in [6.07, 6.45) is 3.03. The van der Waals surface area contributed by atoms with Crippen molar-refractivity contribution in [2.45, 2.75) is 25.8 Å². The average Bonchev–Trinajstić information content (AvgIpc) is 2.83. The molecule has 2 N–H and O–H groups in total. The van der Waals surface area contributed by atoms with Crippen molar-refractivity contribution in [3.8, 4) is 0 Å². The predicted molar refractivity (Wildman–Crippen MR) is 46.4 cm³/mol. The fourth-order valence-electron chi connectivity index (χ4n) is 1.39. The van der Waals surface area contributed by atoms with Gasteiger partial charge in [0.2, 0.25) is 0 Å². The second-order valence-corrected chi connectivity index (χ2v) is 3.43. The van der Waals surface area contributed by atoms with Crippen LogP contribution in [0.3, 0.4) is 0 Å². The molecule has 1 fully saturated rings. The van der Waals surface area contributed by atoms with E-state index in [0.717, 1.165) is 17.4 Å². The van der Waals surface area contributed by atoms with E-state index < -0.39 is 0 Å². The summed E-state index contributed by atoms with van der Waals surface area (Å²) in [5.74, 6) is 2.33. The normalized spacial score (nSPS) is 27.2. The quantitative estimate of drug-likeness (QED) is 0.709. The molecule has 0 amide bonds. The van der Waals surface area contributed by atoms with Crippen LogP contribution in [-0.2, 0) is 6.54 Å². The molecule has 2 rings (SSSR count). The molecule has 2 atom stereocenters. The summed E-state index contributed by atoms with van der Waals surface area (Å²) in [5.41, 5.74) is 6.43. The van der Waals surface area contributed by atoms with Crippen LogP contribution in [0.2, 0.25) is 0 Å². The molecule has 1 heterocycles. The molecule has 1 aromatic heterocycles. The highest BCUT2D eigenvalue weighted by Crippen LogP contribution is 2.45. The average molecular weight is 163 g/mol. The van der Waals surface area contributed by atoms with E-state index in [4.69, 9.17) is 5.73 Å². The van der Waals surface area contributed by atoms with E-state index in [1.807, 2.05) is 6.07 Å². The molecule has 1 aliphatic rings. The molecule has 12 heavy (non-hydrogen) atoms. The number of hydrogen-bond donors (Lipinski definition) is 1. The summed E-state index contributed by atoms with van der Waals surface area (Å²) in [6.45, 7) is 2.74. The van der Waals surface area contributed by atoms with Gasteiger partial charge in [0.15, 0.2) is 0 Å². The zero-order valence-corrected chi connectivity index (χ0v) is 7.20. The van der Waals surface area contributed by atoms with Crippen molar-refractivity contribution in [2.75, 3.05) is 0 Å². The van der Waals surface area contributed by atoms with Gasteiger partial charge in [0.05, 0.1) is 5.69 Å². The Morgan fingerprint density at radius 1 is 1.67 bits per heavy atom. The summed E-state index contributed by atoms with van der Waals surface area (Å²) in [6, 6.07) is 1.87. The highest BCUT2D eigenvalue weighted by molar-refractivity contribution is 5.12. The van der Waals surface area contributed by atoms with Gasteiger partial charge < -0.3 is 5.73 Å². The first-order chi connectivity index (χ1) is 5.81. The highest BCUT2D eigenvalue weighted by Gasteiger charge is 2.36. The molecule has 0 radical (unpaired) electrons. The van der Waals surface area contributed by atoms with Crippen LogP contribution in [0.15, 0.2) is 12.3 Å². The van der Waals surface area contributed by atoms with E-state index >= 15 is 0 Å². The maximum atomic E-state index is 5.48. The minimum absolute atomic E-state index is 0.511. The molecule has 3 nitrogen and oxygen atoms in total. The van der Waals surface area contributed by atoms with Crippen molar-refractivity contribution in [3.63, 3.8) is 0 Å². The Balaban J connectivity index is 2.21. The molecule has 2 unspecified atom stereocenters. The van der Waals surface area contributed by atoms with E-state index in [0.29, 0.717) is 12.5 Å². The van der Waals surface area contributed by atoms with Gasteiger partial charge in [-0.05, 0) is 18.4 Å². The second kappa shape index (κ2) is 2.83. The Morgan fingerprint density at radius 2 is 2.42 bits per heavy atom. The van der Waals surface area contributed by atoms with Crippen LogP contribution in [0.25, 0.3) is 0 Å². The van der Waals surface area contributed by atoms with Gasteiger partial charge in [-0.25, -0.2) is 9.97 Å². The Bertz CT molecular complexity index is 285. The smallest absolute Gasteiger partial charge is 0.131 e. The van der Waals surface area contributed by atoms with Gasteiger partial charge in [0, 0.05) is 18.7 Å². The standard InChI is InChI=1S/C9H13N3/c1-6-4-8(6)9-11-3-2-7(5-10)12-9/h2-3,6,8H,4-5,10H2,1H3. The molecule has 0 aliphatic heterocycles. The maximum absolute atomic E-state index is 5.48. The zero-order chi connectivity index (χ0) is 8.55. The van der Waals surface area contributed by atoms with E-state index in [1.165, 1.54) is 6.42 Å². The van der Waals surface area contributed by atoms with Gasteiger partial charge in [-0.2, -0.15) is 0 Å². The highest BCUT2D eigenvalue weighted by atomic mass is 14.9. The SMILES string of the molecule is CC1CC1c1nccc(CN)n1. The lowest BCUT2D eigenvalue weighted by molar-refractivity contribution is 0.816. The number of rotatable bonds is 2. The van der Waals surface area contributed by atoms with E-state index in [1.54, 1.807) is 6.20 Å². The summed E-state index contributed by atoms with van der Waals surface area (Å²) >= 11 is 0. The predicted octanol–water partition coefficient (Wildman–Crippen LogP) is 1.06. The first-order valence-electron chi connectivity index (χ1n) is 4.33. The van der Waals surface area contributed by atoms with Gasteiger partial charge in [-0.3, -0.25) is 0 Å². The Hall–Kier alpha value is -0.960. The van der Waals surface area contributed by atoms with Gasteiger partial charge in [-0.15, -0.1) is 0 Å². The molecule has 1 aliphatic carbocycles. The third kappa shape index (κ3) is 1.32. The molecule has 0 aromatic carbocycles. The molecule has 0 spiro atoms. The second-order valence-electron chi connectivity index (χ2n) is 3.43. The van der Waals surface area contributed by atoms with E-state index in [2.05, 4.69) is 16.9 Å². The van der Waals surface area contributed by atoms with Crippen LogP contribution in [0.1, 0.15) is 30.8 Å². The molecule has 3 heteroatoms. The van der Waals surface area contributed by atoms with Crippen molar-refractivity contribution in [2.24, 2.45) is 11.7 Å². The van der Waals surface area contributed by atoms with Crippen molar-refractivity contribution in [3.05, 3.63) is 23.8 Å². The third-order valence-corrected chi connectivity index (χ3v) is 2.38. The minimum Gasteiger partial charge on any atom is -0.325 e. The molecule has 0 saturated heterocycles. The first kappa shape index (κ1) is 7.68.